The Morgan fingerprint density at radius 2 is 1.96 bits per heavy atom. The van der Waals surface area contributed by atoms with Crippen LogP contribution in [0.15, 0.2) is 40.1 Å². The van der Waals surface area contributed by atoms with Crippen LogP contribution in [-0.4, -0.2) is 28.0 Å². The fourth-order valence-corrected chi connectivity index (χ4v) is 2.75. The SMILES string of the molecule is O=C(COC(=O)Cn1ccc(=O)[nH]c1=O)Nc1ccc2c(c1)CCC2. The lowest BCUT2D eigenvalue weighted by Gasteiger charge is -2.09. The zero-order valence-electron chi connectivity index (χ0n) is 13.4. The molecule has 8 nitrogen and oxygen atoms in total. The third kappa shape index (κ3) is 4.23. The van der Waals surface area contributed by atoms with E-state index in [0.29, 0.717) is 5.69 Å². The molecule has 1 heterocycles. The third-order valence-corrected chi connectivity index (χ3v) is 3.94. The monoisotopic (exact) mass is 343 g/mol. The van der Waals surface area contributed by atoms with Crippen molar-refractivity contribution in [3.8, 4) is 0 Å². The number of anilines is 1. The second-order valence-electron chi connectivity index (χ2n) is 5.78. The first-order chi connectivity index (χ1) is 12.0. The third-order valence-electron chi connectivity index (χ3n) is 3.94. The van der Waals surface area contributed by atoms with Crippen LogP contribution in [0.2, 0.25) is 0 Å². The summed E-state index contributed by atoms with van der Waals surface area (Å²) in [5.74, 6) is -1.21. The first-order valence-corrected chi connectivity index (χ1v) is 7.88. The van der Waals surface area contributed by atoms with Crippen LogP contribution in [0.25, 0.3) is 0 Å². The zero-order chi connectivity index (χ0) is 17.8. The van der Waals surface area contributed by atoms with E-state index in [0.717, 1.165) is 29.9 Å². The van der Waals surface area contributed by atoms with Gasteiger partial charge in [-0.15, -0.1) is 0 Å². The van der Waals surface area contributed by atoms with E-state index >= 15 is 0 Å². The minimum absolute atomic E-state index is 0.387. The molecular formula is C17H17N3O5. The summed E-state index contributed by atoms with van der Waals surface area (Å²) in [6.45, 7) is -0.838. The summed E-state index contributed by atoms with van der Waals surface area (Å²) in [6.07, 6.45) is 4.37. The molecule has 1 aromatic carbocycles. The Balaban J connectivity index is 1.51. The van der Waals surface area contributed by atoms with Crippen LogP contribution in [0.3, 0.4) is 0 Å². The minimum atomic E-state index is -0.752. The Labute approximate surface area is 142 Å². The summed E-state index contributed by atoms with van der Waals surface area (Å²) in [4.78, 5) is 48.0. The molecule has 8 heteroatoms. The van der Waals surface area contributed by atoms with Crippen LogP contribution in [0.5, 0.6) is 0 Å². The minimum Gasteiger partial charge on any atom is -0.454 e. The molecule has 0 bridgehead atoms. The Kier molecular flexibility index (Phi) is 4.78. The normalized spacial score (nSPS) is 12.5. The number of esters is 1. The van der Waals surface area contributed by atoms with Gasteiger partial charge < -0.3 is 10.1 Å². The zero-order valence-corrected chi connectivity index (χ0v) is 13.4. The van der Waals surface area contributed by atoms with Crippen molar-refractivity contribution in [1.29, 1.82) is 0 Å². The fraction of sp³-hybridized carbons (Fsp3) is 0.294. The maximum Gasteiger partial charge on any atom is 0.328 e. The Morgan fingerprint density at radius 3 is 2.76 bits per heavy atom. The van der Waals surface area contributed by atoms with Crippen molar-refractivity contribution in [3.63, 3.8) is 0 Å². The fourth-order valence-electron chi connectivity index (χ4n) is 2.75. The molecule has 2 aromatic rings. The van der Waals surface area contributed by atoms with E-state index in [1.807, 2.05) is 23.2 Å². The van der Waals surface area contributed by atoms with Gasteiger partial charge >= 0.3 is 11.7 Å². The van der Waals surface area contributed by atoms with Gasteiger partial charge in [-0.2, -0.15) is 0 Å². The Morgan fingerprint density at radius 1 is 1.16 bits per heavy atom. The number of rotatable bonds is 5. The van der Waals surface area contributed by atoms with E-state index in [9.17, 15) is 19.2 Å². The smallest absolute Gasteiger partial charge is 0.328 e. The number of fused-ring (bicyclic) bond motifs is 1. The van der Waals surface area contributed by atoms with Gasteiger partial charge in [0, 0.05) is 18.0 Å². The molecule has 130 valence electrons. The number of H-pyrrole nitrogens is 1. The molecular weight excluding hydrogens is 326 g/mol. The summed E-state index contributed by atoms with van der Waals surface area (Å²) in [5.41, 5.74) is 1.93. The van der Waals surface area contributed by atoms with E-state index in [1.54, 1.807) is 0 Å². The quantitative estimate of drug-likeness (QED) is 0.754. The number of nitrogens with one attached hydrogen (secondary N) is 2. The molecule has 0 fully saturated rings. The molecule has 0 spiro atoms. The second kappa shape index (κ2) is 7.16. The highest BCUT2D eigenvalue weighted by molar-refractivity contribution is 5.92. The first-order valence-electron chi connectivity index (χ1n) is 7.88. The highest BCUT2D eigenvalue weighted by atomic mass is 16.5. The van der Waals surface area contributed by atoms with Crippen LogP contribution in [-0.2, 0) is 33.7 Å². The number of aromatic nitrogens is 2. The van der Waals surface area contributed by atoms with Crippen molar-refractivity contribution in [2.24, 2.45) is 0 Å². The highest BCUT2D eigenvalue weighted by Crippen LogP contribution is 2.24. The summed E-state index contributed by atoms with van der Waals surface area (Å²) in [5, 5.41) is 2.68. The molecule has 3 rings (SSSR count). The van der Waals surface area contributed by atoms with Crippen molar-refractivity contribution < 1.29 is 14.3 Å². The maximum atomic E-state index is 11.9. The number of amides is 1. The molecule has 25 heavy (non-hydrogen) atoms. The predicted octanol–water partition coefficient (Wildman–Crippen LogP) is 0.207. The summed E-state index contributed by atoms with van der Waals surface area (Å²) in [7, 11) is 0. The summed E-state index contributed by atoms with van der Waals surface area (Å²) < 4.78 is 5.84. The van der Waals surface area contributed by atoms with Crippen LogP contribution < -0.4 is 16.6 Å². The number of benzene rings is 1. The van der Waals surface area contributed by atoms with Crippen molar-refractivity contribution in [3.05, 3.63) is 62.4 Å². The highest BCUT2D eigenvalue weighted by Gasteiger charge is 2.13. The maximum absolute atomic E-state index is 11.9. The second-order valence-corrected chi connectivity index (χ2v) is 5.78. The van der Waals surface area contributed by atoms with Gasteiger partial charge in [0.15, 0.2) is 6.61 Å². The molecule has 1 aromatic heterocycles. The molecule has 1 aliphatic rings. The molecule has 0 saturated heterocycles. The van der Waals surface area contributed by atoms with Gasteiger partial charge in [0.2, 0.25) is 0 Å². The number of nitrogens with zero attached hydrogens (tertiary/aromatic N) is 1. The Hall–Kier alpha value is -3.16. The van der Waals surface area contributed by atoms with Crippen molar-refractivity contribution in [1.82, 2.24) is 9.55 Å². The summed E-state index contributed by atoms with van der Waals surface area (Å²) >= 11 is 0. The number of hydrogen-bond acceptors (Lipinski definition) is 5. The molecule has 0 aliphatic heterocycles. The molecule has 0 radical (unpaired) electrons. The number of hydrogen-bond donors (Lipinski definition) is 2. The lowest BCUT2D eigenvalue weighted by molar-refractivity contribution is -0.148. The number of aryl methyl sites for hydroxylation is 2. The van der Waals surface area contributed by atoms with Gasteiger partial charge in [0.1, 0.15) is 6.54 Å². The Bertz CT molecular complexity index is 928. The molecule has 0 saturated carbocycles. The number of carbonyl (C=O) groups is 2. The van der Waals surface area contributed by atoms with E-state index in [1.165, 1.54) is 17.3 Å². The lowest BCUT2D eigenvalue weighted by Crippen LogP contribution is -2.32. The van der Waals surface area contributed by atoms with E-state index in [-0.39, 0.29) is 6.54 Å². The average Bonchev–Trinajstić information content (AvgIpc) is 3.03. The topological polar surface area (TPSA) is 110 Å². The van der Waals surface area contributed by atoms with E-state index < -0.39 is 29.7 Å². The van der Waals surface area contributed by atoms with Gasteiger partial charge in [0.25, 0.3) is 11.5 Å². The number of ether oxygens (including phenoxy) is 1. The number of aromatic amines is 1. The molecule has 2 N–H and O–H groups in total. The van der Waals surface area contributed by atoms with Gasteiger partial charge in [-0.05, 0) is 42.5 Å². The van der Waals surface area contributed by atoms with Crippen LogP contribution >= 0.6 is 0 Å². The van der Waals surface area contributed by atoms with Gasteiger partial charge in [-0.25, -0.2) is 4.79 Å². The van der Waals surface area contributed by atoms with Gasteiger partial charge in [-0.1, -0.05) is 6.07 Å². The predicted molar refractivity (Wildman–Crippen MR) is 89.4 cm³/mol. The standard InChI is InChI=1S/C17H17N3O5/c21-14-6-7-20(17(24)19-14)9-16(23)25-10-15(22)18-13-5-4-11-2-1-3-12(11)8-13/h4-8H,1-3,9-10H2,(H,18,22)(H,19,21,24). The van der Waals surface area contributed by atoms with Crippen LogP contribution in [0.1, 0.15) is 17.5 Å². The van der Waals surface area contributed by atoms with Crippen LogP contribution in [0.4, 0.5) is 5.69 Å². The molecule has 0 atom stereocenters. The van der Waals surface area contributed by atoms with E-state index in [4.69, 9.17) is 4.74 Å². The van der Waals surface area contributed by atoms with Crippen molar-refractivity contribution in [2.45, 2.75) is 25.8 Å². The van der Waals surface area contributed by atoms with E-state index in [2.05, 4.69) is 5.32 Å². The van der Waals surface area contributed by atoms with Crippen molar-refractivity contribution in [2.75, 3.05) is 11.9 Å². The van der Waals surface area contributed by atoms with Gasteiger partial charge in [0.05, 0.1) is 0 Å². The van der Waals surface area contributed by atoms with Crippen LogP contribution in [0, 0.1) is 0 Å². The summed E-state index contributed by atoms with van der Waals surface area (Å²) in [6, 6.07) is 6.87. The molecule has 1 aliphatic carbocycles. The average molecular weight is 343 g/mol. The largest absolute Gasteiger partial charge is 0.454 e. The molecule has 0 unspecified atom stereocenters. The first kappa shape index (κ1) is 16.7. The van der Waals surface area contributed by atoms with Crippen molar-refractivity contribution >= 4 is 17.6 Å². The lowest BCUT2D eigenvalue weighted by atomic mass is 10.1. The van der Waals surface area contributed by atoms with Gasteiger partial charge in [-0.3, -0.25) is 23.9 Å². The number of carbonyl (C=O) groups excluding carboxylic acids is 2. The molecule has 1 amide bonds.